The third kappa shape index (κ3) is 6.39. The summed E-state index contributed by atoms with van der Waals surface area (Å²) in [6.07, 6.45) is 1.70. The molecular formula is C27H30N6O6S3. The van der Waals surface area contributed by atoms with Gasteiger partial charge in [-0.05, 0) is 61.2 Å². The minimum atomic E-state index is -3.76. The summed E-state index contributed by atoms with van der Waals surface area (Å²) in [4.78, 5) is 21.9. The number of fused-ring (bicyclic) bond motifs is 1. The second kappa shape index (κ2) is 11.8. The number of carbonyl (C=O) groups excluding carboxylic acids is 1. The fourth-order valence-corrected chi connectivity index (χ4v) is 8.73. The number of rotatable bonds is 10. The third-order valence-electron chi connectivity index (χ3n) is 7.45. The molecule has 1 atom stereocenters. The van der Waals surface area contributed by atoms with Crippen LogP contribution < -0.4 is 4.72 Å². The van der Waals surface area contributed by atoms with Crippen LogP contribution in [0.25, 0.3) is 21.3 Å². The summed E-state index contributed by atoms with van der Waals surface area (Å²) in [6.45, 7) is 2.83. The maximum Gasteiger partial charge on any atom is 0.253 e. The van der Waals surface area contributed by atoms with Crippen molar-refractivity contribution >= 4 is 48.2 Å². The molecule has 1 amide bonds. The van der Waals surface area contributed by atoms with Crippen LogP contribution in [-0.4, -0.2) is 86.7 Å². The molecule has 1 aliphatic heterocycles. The standard InChI is InChI=1S/C27H30N6O6S3/c1-32-9-11-33(12-10-32)27(34)20-4-2-3-18(13-20)19-7-8-21-22(14-19)40-26(29-21)24(42(37,38)16-17-5-6-17)25-31-30-23(39-25)15-28-41(35)36/h2-4,7-8,13-14,17,24,41H,5-6,9-12,15-16H2,1H3,(H,28,35,36). The summed E-state index contributed by atoms with van der Waals surface area (Å²) in [6, 6.07) is 13.2. The summed E-state index contributed by atoms with van der Waals surface area (Å²) in [5, 5.41) is 6.85. The number of carbonyl (C=O) groups is 1. The van der Waals surface area contributed by atoms with Crippen molar-refractivity contribution in [2.75, 3.05) is 39.0 Å². The van der Waals surface area contributed by atoms with Crippen LogP contribution >= 0.6 is 11.3 Å². The van der Waals surface area contributed by atoms with Crippen LogP contribution in [0.3, 0.4) is 0 Å². The van der Waals surface area contributed by atoms with Crippen molar-refractivity contribution in [3.63, 3.8) is 0 Å². The van der Waals surface area contributed by atoms with Crippen molar-refractivity contribution < 1.29 is 26.0 Å². The van der Waals surface area contributed by atoms with Crippen LogP contribution in [0.5, 0.6) is 0 Å². The summed E-state index contributed by atoms with van der Waals surface area (Å²) in [5.74, 6) is -0.0952. The first-order valence-corrected chi connectivity index (χ1v) is 17.3. The van der Waals surface area contributed by atoms with Gasteiger partial charge >= 0.3 is 0 Å². The molecule has 3 heterocycles. The van der Waals surface area contributed by atoms with Gasteiger partial charge in [-0.15, -0.1) is 21.5 Å². The first-order chi connectivity index (χ1) is 20.2. The van der Waals surface area contributed by atoms with Gasteiger partial charge in [0.15, 0.2) is 15.1 Å². The van der Waals surface area contributed by atoms with Gasteiger partial charge in [-0.1, -0.05) is 18.2 Å². The third-order valence-corrected chi connectivity index (χ3v) is 11.2. The van der Waals surface area contributed by atoms with E-state index in [1.807, 2.05) is 54.4 Å². The first kappa shape index (κ1) is 28.9. The van der Waals surface area contributed by atoms with Crippen molar-refractivity contribution in [1.82, 2.24) is 29.7 Å². The SMILES string of the molecule is CN1CCN(C(=O)c2cccc(-c3ccc4nc(C(c5nnc(CN[SH](=O)=O)o5)S(=O)(=O)CC5CC5)sc4c3)c2)CC1. The summed E-state index contributed by atoms with van der Waals surface area (Å²) in [7, 11) is -4.58. The highest BCUT2D eigenvalue weighted by molar-refractivity contribution is 7.92. The van der Waals surface area contributed by atoms with Gasteiger partial charge in [0.2, 0.25) is 22.7 Å². The molecule has 42 heavy (non-hydrogen) atoms. The molecule has 1 unspecified atom stereocenters. The molecule has 0 bridgehead atoms. The number of thiazole rings is 1. The normalized spacial score (nSPS) is 17.2. The van der Waals surface area contributed by atoms with Crippen LogP contribution in [0.4, 0.5) is 0 Å². The maximum absolute atomic E-state index is 13.6. The van der Waals surface area contributed by atoms with Gasteiger partial charge in [0.1, 0.15) is 5.01 Å². The Labute approximate surface area is 248 Å². The van der Waals surface area contributed by atoms with Gasteiger partial charge in [-0.2, -0.15) is 0 Å². The number of nitrogens with zero attached hydrogens (tertiary/aromatic N) is 5. The molecule has 222 valence electrons. The number of likely N-dealkylation sites (N-methyl/N-ethyl adjacent to an activating group) is 1. The largest absolute Gasteiger partial charge is 0.422 e. The lowest BCUT2D eigenvalue weighted by Crippen LogP contribution is -2.47. The average Bonchev–Trinajstić information content (AvgIpc) is 3.48. The average molecular weight is 631 g/mol. The van der Waals surface area contributed by atoms with Crippen molar-refractivity contribution in [2.45, 2.75) is 24.6 Å². The Bertz CT molecular complexity index is 1800. The van der Waals surface area contributed by atoms with E-state index >= 15 is 0 Å². The van der Waals surface area contributed by atoms with E-state index in [0.29, 0.717) is 29.2 Å². The van der Waals surface area contributed by atoms with Gasteiger partial charge in [-0.25, -0.2) is 26.5 Å². The Morgan fingerprint density at radius 1 is 1.10 bits per heavy atom. The minimum absolute atomic E-state index is 0.00561. The van der Waals surface area contributed by atoms with Gasteiger partial charge in [0.25, 0.3) is 5.91 Å². The maximum atomic E-state index is 13.6. The smallest absolute Gasteiger partial charge is 0.253 e. The van der Waals surface area contributed by atoms with Gasteiger partial charge in [-0.3, -0.25) is 4.79 Å². The molecule has 1 N–H and O–H groups in total. The predicted octanol–water partition coefficient (Wildman–Crippen LogP) is 2.26. The Balaban J connectivity index is 1.31. The molecule has 1 aliphatic carbocycles. The first-order valence-electron chi connectivity index (χ1n) is 13.6. The fraction of sp³-hybridized carbons (Fsp3) is 0.407. The zero-order valence-electron chi connectivity index (χ0n) is 22.8. The topological polar surface area (TPSA) is 156 Å². The van der Waals surface area contributed by atoms with Crippen LogP contribution in [-0.2, 0) is 27.3 Å². The monoisotopic (exact) mass is 630 g/mol. The number of benzene rings is 2. The van der Waals surface area contributed by atoms with Crippen molar-refractivity contribution in [3.05, 3.63) is 64.8 Å². The Morgan fingerprint density at radius 3 is 2.60 bits per heavy atom. The Kier molecular flexibility index (Phi) is 8.11. The molecule has 12 nitrogen and oxygen atoms in total. The van der Waals surface area contributed by atoms with E-state index in [2.05, 4.69) is 24.8 Å². The number of hydrogen-bond donors (Lipinski definition) is 2. The lowest BCUT2D eigenvalue weighted by atomic mass is 10.0. The van der Waals surface area contributed by atoms with E-state index in [9.17, 15) is 21.6 Å². The molecule has 1 saturated carbocycles. The van der Waals surface area contributed by atoms with Crippen molar-refractivity contribution in [1.29, 1.82) is 0 Å². The number of piperazine rings is 1. The van der Waals surface area contributed by atoms with Gasteiger partial charge in [0.05, 0.1) is 22.5 Å². The summed E-state index contributed by atoms with van der Waals surface area (Å²) in [5.41, 5.74) is 2.99. The zero-order chi connectivity index (χ0) is 29.4. The Hall–Kier alpha value is -3.24. The van der Waals surface area contributed by atoms with Crippen LogP contribution in [0.1, 0.15) is 45.2 Å². The van der Waals surface area contributed by atoms with Crippen molar-refractivity contribution in [3.8, 4) is 11.1 Å². The highest BCUT2D eigenvalue weighted by atomic mass is 32.2. The number of sulfone groups is 1. The van der Waals surface area contributed by atoms with Crippen LogP contribution in [0, 0.1) is 5.92 Å². The number of thiol groups is 1. The molecular weight excluding hydrogens is 601 g/mol. The number of amides is 1. The van der Waals surface area contributed by atoms with E-state index < -0.39 is 26.0 Å². The lowest BCUT2D eigenvalue weighted by Gasteiger charge is -2.32. The van der Waals surface area contributed by atoms with Gasteiger partial charge in [0, 0.05) is 31.7 Å². The molecule has 2 fully saturated rings. The zero-order valence-corrected chi connectivity index (χ0v) is 25.3. The summed E-state index contributed by atoms with van der Waals surface area (Å²) < 4.78 is 57.5. The Morgan fingerprint density at radius 2 is 1.86 bits per heavy atom. The van der Waals surface area contributed by atoms with Crippen LogP contribution in [0.2, 0.25) is 0 Å². The minimum Gasteiger partial charge on any atom is -0.422 e. The highest BCUT2D eigenvalue weighted by Gasteiger charge is 2.40. The van der Waals surface area contributed by atoms with E-state index in [4.69, 9.17) is 4.42 Å². The molecule has 4 aromatic rings. The second-order valence-electron chi connectivity index (χ2n) is 10.7. The number of hydrogen-bond acceptors (Lipinski definition) is 11. The molecule has 1 saturated heterocycles. The van der Waals surface area contributed by atoms with Gasteiger partial charge < -0.3 is 14.2 Å². The molecule has 0 radical (unpaired) electrons. The second-order valence-corrected chi connectivity index (χ2v) is 14.7. The van der Waals surface area contributed by atoms with Crippen molar-refractivity contribution in [2.24, 2.45) is 5.92 Å². The quantitative estimate of drug-likeness (QED) is 0.249. The van der Waals surface area contributed by atoms with E-state index in [-0.39, 0.29) is 35.9 Å². The molecule has 2 aliphatic rings. The number of aromatic nitrogens is 3. The predicted molar refractivity (Wildman–Crippen MR) is 158 cm³/mol. The lowest BCUT2D eigenvalue weighted by molar-refractivity contribution is 0.0664. The molecule has 2 aromatic carbocycles. The fourth-order valence-electron chi connectivity index (χ4n) is 4.96. The molecule has 2 aromatic heterocycles. The molecule has 0 spiro atoms. The molecule has 6 rings (SSSR count). The van der Waals surface area contributed by atoms with Crippen LogP contribution in [0.15, 0.2) is 46.9 Å². The number of nitrogens with one attached hydrogen (secondary N) is 1. The summed E-state index contributed by atoms with van der Waals surface area (Å²) >= 11 is 1.23. The molecule has 15 heteroatoms. The van der Waals surface area contributed by atoms with E-state index in [1.165, 1.54) is 11.3 Å². The highest BCUT2D eigenvalue weighted by Crippen LogP contribution is 2.40. The van der Waals surface area contributed by atoms with E-state index in [1.54, 1.807) is 0 Å². The van der Waals surface area contributed by atoms with E-state index in [0.717, 1.165) is 41.8 Å².